The molecule has 0 aliphatic heterocycles. The van der Waals surface area contributed by atoms with E-state index in [1.807, 2.05) is 62.4 Å². The lowest BCUT2D eigenvalue weighted by atomic mass is 9.93. The number of benzene rings is 2. The fourth-order valence-electron chi connectivity index (χ4n) is 4.61. The number of amides is 3. The Labute approximate surface area is 250 Å². The van der Waals surface area contributed by atoms with Gasteiger partial charge in [0.05, 0.1) is 0 Å². The molecule has 0 fully saturated rings. The first-order valence-electron chi connectivity index (χ1n) is 14.3. The number of ether oxygens (including phenoxy) is 2. The number of alkyl carbamates (subject to hydrolysis) is 1. The molecule has 2 aromatic carbocycles. The highest BCUT2D eigenvalue weighted by molar-refractivity contribution is 5.93. The van der Waals surface area contributed by atoms with E-state index in [0.717, 1.165) is 16.7 Å². The minimum Gasteiger partial charge on any atom is -0.458 e. The number of esters is 1. The molecule has 0 aliphatic carbocycles. The van der Waals surface area contributed by atoms with Gasteiger partial charge in [0.25, 0.3) is 0 Å². The highest BCUT2D eigenvalue weighted by Gasteiger charge is 2.38. The van der Waals surface area contributed by atoms with E-state index in [2.05, 4.69) is 10.6 Å². The van der Waals surface area contributed by atoms with Crippen LogP contribution in [0.15, 0.2) is 48.5 Å². The minimum absolute atomic E-state index is 0.205. The summed E-state index contributed by atoms with van der Waals surface area (Å²) in [5.41, 5.74) is 1.61. The molecule has 2 rings (SSSR count). The van der Waals surface area contributed by atoms with E-state index in [1.165, 1.54) is 4.90 Å². The summed E-state index contributed by atoms with van der Waals surface area (Å²) in [6.07, 6.45) is -0.531. The monoisotopic (exact) mass is 581 g/mol. The van der Waals surface area contributed by atoms with Crippen molar-refractivity contribution < 1.29 is 28.7 Å². The quantitative estimate of drug-likeness (QED) is 0.374. The molecule has 0 heterocycles. The standard InChI is InChI=1S/C33H47N3O6/c1-21(2)36(26(37)20-34-31(40)42-33(8,9)10)28(27-22(3)15-14-16-23(27)4)29(38)35-25(30(39)41-32(5,6)7)19-24-17-12-11-13-18-24/h11-18,21,25,28H,19-20H2,1-10H3,(H,34,40)(H,35,38). The number of carbonyl (C=O) groups is 4. The molecule has 230 valence electrons. The molecule has 0 saturated carbocycles. The highest BCUT2D eigenvalue weighted by Crippen LogP contribution is 2.30. The second kappa shape index (κ2) is 14.3. The lowest BCUT2D eigenvalue weighted by Gasteiger charge is -2.37. The zero-order chi connectivity index (χ0) is 31.8. The molecular weight excluding hydrogens is 534 g/mol. The maximum absolute atomic E-state index is 14.3. The number of carbonyl (C=O) groups excluding carboxylic acids is 4. The van der Waals surface area contributed by atoms with Crippen molar-refractivity contribution in [2.45, 2.75) is 105 Å². The Morgan fingerprint density at radius 1 is 0.810 bits per heavy atom. The molecule has 42 heavy (non-hydrogen) atoms. The Morgan fingerprint density at radius 3 is 1.86 bits per heavy atom. The fraction of sp³-hybridized carbons (Fsp3) is 0.515. The number of hydrogen-bond donors (Lipinski definition) is 2. The van der Waals surface area contributed by atoms with Gasteiger partial charge in [-0.1, -0.05) is 48.5 Å². The molecule has 9 heteroatoms. The maximum Gasteiger partial charge on any atom is 0.408 e. The molecule has 2 aromatic rings. The van der Waals surface area contributed by atoms with E-state index in [9.17, 15) is 19.2 Å². The lowest BCUT2D eigenvalue weighted by molar-refractivity contribution is -0.159. The summed E-state index contributed by atoms with van der Waals surface area (Å²) in [7, 11) is 0. The predicted octanol–water partition coefficient (Wildman–Crippen LogP) is 5.18. The summed E-state index contributed by atoms with van der Waals surface area (Å²) in [5.74, 6) is -1.58. The van der Waals surface area contributed by atoms with Crippen molar-refractivity contribution in [3.63, 3.8) is 0 Å². The largest absolute Gasteiger partial charge is 0.458 e. The zero-order valence-corrected chi connectivity index (χ0v) is 26.7. The number of aryl methyl sites for hydroxylation is 2. The summed E-state index contributed by atoms with van der Waals surface area (Å²) in [5, 5.41) is 5.42. The van der Waals surface area contributed by atoms with Crippen LogP contribution in [0.2, 0.25) is 0 Å². The normalized spacial score (nSPS) is 13.1. The van der Waals surface area contributed by atoms with Gasteiger partial charge in [0.15, 0.2) is 0 Å². The summed E-state index contributed by atoms with van der Waals surface area (Å²) in [6, 6.07) is 12.5. The van der Waals surface area contributed by atoms with Crippen LogP contribution in [-0.2, 0) is 30.3 Å². The summed E-state index contributed by atoms with van der Waals surface area (Å²) < 4.78 is 11.0. The molecule has 0 aromatic heterocycles. The van der Waals surface area contributed by atoms with Crippen LogP contribution in [0.5, 0.6) is 0 Å². The average molecular weight is 582 g/mol. The number of rotatable bonds is 10. The Balaban J connectivity index is 2.51. The average Bonchev–Trinajstić information content (AvgIpc) is 2.84. The van der Waals surface area contributed by atoms with Crippen molar-refractivity contribution in [2.24, 2.45) is 0 Å². The molecular formula is C33H47N3O6. The van der Waals surface area contributed by atoms with Crippen molar-refractivity contribution in [1.82, 2.24) is 15.5 Å². The minimum atomic E-state index is -1.08. The summed E-state index contributed by atoms with van der Waals surface area (Å²) in [6.45, 7) is 17.5. The van der Waals surface area contributed by atoms with Crippen LogP contribution in [0.4, 0.5) is 4.79 Å². The molecule has 9 nitrogen and oxygen atoms in total. The molecule has 0 spiro atoms. The van der Waals surface area contributed by atoms with Gasteiger partial charge in [-0.3, -0.25) is 9.59 Å². The van der Waals surface area contributed by atoms with Crippen molar-refractivity contribution in [3.05, 3.63) is 70.8 Å². The molecule has 0 bridgehead atoms. The first-order valence-corrected chi connectivity index (χ1v) is 14.3. The van der Waals surface area contributed by atoms with Gasteiger partial charge < -0.3 is 25.0 Å². The van der Waals surface area contributed by atoms with Gasteiger partial charge in [-0.05, 0) is 91.5 Å². The van der Waals surface area contributed by atoms with Crippen LogP contribution in [0.1, 0.15) is 83.7 Å². The van der Waals surface area contributed by atoms with Gasteiger partial charge in [0.2, 0.25) is 11.8 Å². The molecule has 0 aliphatic rings. The third-order valence-corrected chi connectivity index (χ3v) is 6.26. The number of nitrogens with zero attached hydrogens (tertiary/aromatic N) is 1. The fourth-order valence-corrected chi connectivity index (χ4v) is 4.61. The van der Waals surface area contributed by atoms with E-state index in [-0.39, 0.29) is 13.0 Å². The third-order valence-electron chi connectivity index (χ3n) is 6.26. The highest BCUT2D eigenvalue weighted by atomic mass is 16.6. The van der Waals surface area contributed by atoms with Crippen LogP contribution in [0.3, 0.4) is 0 Å². The van der Waals surface area contributed by atoms with Gasteiger partial charge in [-0.2, -0.15) is 0 Å². The van der Waals surface area contributed by atoms with Gasteiger partial charge in [-0.15, -0.1) is 0 Å². The van der Waals surface area contributed by atoms with Crippen LogP contribution in [0.25, 0.3) is 0 Å². The van der Waals surface area contributed by atoms with Crippen LogP contribution in [-0.4, -0.2) is 58.6 Å². The number of nitrogens with one attached hydrogen (secondary N) is 2. The van der Waals surface area contributed by atoms with Crippen LogP contribution >= 0.6 is 0 Å². The van der Waals surface area contributed by atoms with E-state index >= 15 is 0 Å². The molecule has 0 radical (unpaired) electrons. The molecule has 2 N–H and O–H groups in total. The van der Waals surface area contributed by atoms with Gasteiger partial charge in [0.1, 0.15) is 29.8 Å². The van der Waals surface area contributed by atoms with Crippen LogP contribution in [0, 0.1) is 13.8 Å². The zero-order valence-electron chi connectivity index (χ0n) is 26.7. The molecule has 3 amide bonds. The van der Waals surface area contributed by atoms with Crippen molar-refractivity contribution in [3.8, 4) is 0 Å². The Morgan fingerprint density at radius 2 is 1.36 bits per heavy atom. The van der Waals surface area contributed by atoms with Crippen LogP contribution < -0.4 is 10.6 Å². The first-order chi connectivity index (χ1) is 19.4. The Hall–Kier alpha value is -3.88. The van der Waals surface area contributed by atoms with Gasteiger partial charge >= 0.3 is 12.1 Å². The van der Waals surface area contributed by atoms with E-state index < -0.39 is 53.2 Å². The molecule has 2 unspecified atom stereocenters. The van der Waals surface area contributed by atoms with Gasteiger partial charge in [-0.25, -0.2) is 9.59 Å². The Kier molecular flexibility index (Phi) is 11.7. The van der Waals surface area contributed by atoms with Crippen molar-refractivity contribution >= 4 is 23.9 Å². The van der Waals surface area contributed by atoms with E-state index in [0.29, 0.717) is 5.56 Å². The second-order valence-corrected chi connectivity index (χ2v) is 12.7. The Bertz CT molecular complexity index is 1220. The van der Waals surface area contributed by atoms with Crippen molar-refractivity contribution in [1.29, 1.82) is 0 Å². The second-order valence-electron chi connectivity index (χ2n) is 12.7. The van der Waals surface area contributed by atoms with E-state index in [4.69, 9.17) is 9.47 Å². The predicted molar refractivity (Wildman–Crippen MR) is 163 cm³/mol. The van der Waals surface area contributed by atoms with Gasteiger partial charge in [0, 0.05) is 12.5 Å². The van der Waals surface area contributed by atoms with E-state index in [1.54, 1.807) is 55.4 Å². The summed E-state index contributed by atoms with van der Waals surface area (Å²) >= 11 is 0. The smallest absolute Gasteiger partial charge is 0.408 e. The third kappa shape index (κ3) is 10.5. The molecule has 2 atom stereocenters. The first kappa shape index (κ1) is 34.3. The topological polar surface area (TPSA) is 114 Å². The van der Waals surface area contributed by atoms with Crippen molar-refractivity contribution in [2.75, 3.05) is 6.54 Å². The maximum atomic E-state index is 14.3. The lowest BCUT2D eigenvalue weighted by Crippen LogP contribution is -2.54. The SMILES string of the molecule is Cc1cccc(C)c1C(C(=O)NC(Cc1ccccc1)C(=O)OC(C)(C)C)N(C(=O)CNC(=O)OC(C)(C)C)C(C)C. The number of hydrogen-bond acceptors (Lipinski definition) is 6. The molecule has 0 saturated heterocycles. The summed E-state index contributed by atoms with van der Waals surface area (Å²) in [4.78, 5) is 55.0.